The van der Waals surface area contributed by atoms with E-state index >= 15 is 0 Å². The average molecular weight is 427 g/mol. The molecule has 1 aromatic rings. The fourth-order valence-corrected chi connectivity index (χ4v) is 5.41. The summed E-state index contributed by atoms with van der Waals surface area (Å²) in [4.78, 5) is 14.7. The maximum Gasteiger partial charge on any atom is 0.324 e. The summed E-state index contributed by atoms with van der Waals surface area (Å²) in [6.45, 7) is 5.64. The highest BCUT2D eigenvalue weighted by atomic mass is 32.2. The second-order valence-corrected chi connectivity index (χ2v) is 9.22. The third-order valence-electron chi connectivity index (χ3n) is 5.47. The Hall–Kier alpha value is -1.68. The minimum atomic E-state index is -3.84. The summed E-state index contributed by atoms with van der Waals surface area (Å²) >= 11 is 0. The van der Waals surface area contributed by atoms with Crippen molar-refractivity contribution in [2.45, 2.75) is 43.2 Å². The number of hydrogen-bond donors (Lipinski definition) is 0. The first-order chi connectivity index (χ1) is 14.0. The largest absolute Gasteiger partial charge is 0.494 e. The van der Waals surface area contributed by atoms with Crippen LogP contribution < -0.4 is 4.74 Å². The summed E-state index contributed by atoms with van der Waals surface area (Å²) in [5.74, 6) is 0.110. The normalized spacial score (nSPS) is 23.8. The second kappa shape index (κ2) is 9.88. The molecular formula is C20H30N2O6S. The van der Waals surface area contributed by atoms with Gasteiger partial charge in [0.2, 0.25) is 10.0 Å². The highest BCUT2D eigenvalue weighted by Crippen LogP contribution is 2.30. The molecule has 3 rings (SSSR count). The van der Waals surface area contributed by atoms with Crippen molar-refractivity contribution >= 4 is 16.0 Å². The first-order valence-electron chi connectivity index (χ1n) is 10.1. The zero-order valence-electron chi connectivity index (χ0n) is 17.1. The third kappa shape index (κ3) is 5.09. The number of morpholine rings is 1. The van der Waals surface area contributed by atoms with Crippen molar-refractivity contribution in [2.24, 2.45) is 0 Å². The van der Waals surface area contributed by atoms with E-state index < -0.39 is 22.0 Å². The lowest BCUT2D eigenvalue weighted by Gasteiger charge is -2.31. The Morgan fingerprint density at radius 1 is 1.21 bits per heavy atom. The molecule has 0 aliphatic carbocycles. The number of nitrogens with zero attached hydrogens (tertiary/aromatic N) is 2. The standard InChI is InChI=1S/C20H30N2O6S/c1-3-4-11-28-17-5-7-18(8-6-17)29(24,25)22-15-16(14-19(22)20(23)26-2)21-9-12-27-13-10-21/h5-8,16,19H,3-4,9-15H2,1-2H3/t16-,19+/m0/s1. The van der Waals surface area contributed by atoms with Crippen molar-refractivity contribution in [3.05, 3.63) is 24.3 Å². The van der Waals surface area contributed by atoms with E-state index in [2.05, 4.69) is 11.8 Å². The summed E-state index contributed by atoms with van der Waals surface area (Å²) in [6.07, 6.45) is 2.39. The number of rotatable bonds is 8. The van der Waals surface area contributed by atoms with Gasteiger partial charge in [-0.25, -0.2) is 8.42 Å². The fraction of sp³-hybridized carbons (Fsp3) is 0.650. The Balaban J connectivity index is 1.78. The number of sulfonamides is 1. The van der Waals surface area contributed by atoms with Crippen LogP contribution in [0, 0.1) is 0 Å². The van der Waals surface area contributed by atoms with E-state index in [1.807, 2.05) is 0 Å². The Bertz CT molecular complexity index is 777. The summed E-state index contributed by atoms with van der Waals surface area (Å²) in [6, 6.07) is 5.53. The van der Waals surface area contributed by atoms with Gasteiger partial charge >= 0.3 is 5.97 Å². The Morgan fingerprint density at radius 3 is 2.52 bits per heavy atom. The van der Waals surface area contributed by atoms with Crippen LogP contribution in [0.3, 0.4) is 0 Å². The molecule has 2 fully saturated rings. The van der Waals surface area contributed by atoms with Crippen molar-refractivity contribution in [2.75, 3.05) is 46.6 Å². The molecule has 0 amide bonds. The lowest BCUT2D eigenvalue weighted by Crippen LogP contribution is -2.45. The number of methoxy groups -OCH3 is 1. The first-order valence-corrected chi connectivity index (χ1v) is 11.6. The van der Waals surface area contributed by atoms with Crippen LogP contribution in [0.1, 0.15) is 26.2 Å². The van der Waals surface area contributed by atoms with E-state index in [1.165, 1.54) is 23.5 Å². The molecule has 0 spiro atoms. The minimum Gasteiger partial charge on any atom is -0.494 e. The van der Waals surface area contributed by atoms with Gasteiger partial charge in [0.1, 0.15) is 11.8 Å². The second-order valence-electron chi connectivity index (χ2n) is 7.32. The molecule has 2 saturated heterocycles. The monoisotopic (exact) mass is 426 g/mol. The molecule has 1 aromatic carbocycles. The van der Waals surface area contributed by atoms with Gasteiger partial charge in [-0.1, -0.05) is 13.3 Å². The number of hydrogen-bond acceptors (Lipinski definition) is 7. The topological polar surface area (TPSA) is 85.4 Å². The molecule has 0 bridgehead atoms. The molecule has 2 atom stereocenters. The maximum absolute atomic E-state index is 13.3. The number of ether oxygens (including phenoxy) is 3. The van der Waals surface area contributed by atoms with E-state index in [9.17, 15) is 13.2 Å². The van der Waals surface area contributed by atoms with Crippen LogP contribution in [-0.2, 0) is 24.3 Å². The van der Waals surface area contributed by atoms with Crippen molar-refractivity contribution in [3.63, 3.8) is 0 Å². The summed E-state index contributed by atoms with van der Waals surface area (Å²) in [5, 5.41) is 0. The van der Waals surface area contributed by atoms with Crippen LogP contribution in [0.25, 0.3) is 0 Å². The molecule has 29 heavy (non-hydrogen) atoms. The average Bonchev–Trinajstić information content (AvgIpc) is 3.21. The SMILES string of the molecule is CCCCOc1ccc(S(=O)(=O)N2C[C@@H](N3CCOCC3)C[C@@H]2C(=O)OC)cc1. The van der Waals surface area contributed by atoms with Crippen LogP contribution >= 0.6 is 0 Å². The Labute approximate surface area is 172 Å². The summed E-state index contributed by atoms with van der Waals surface area (Å²) in [7, 11) is -2.55. The Morgan fingerprint density at radius 2 is 1.90 bits per heavy atom. The van der Waals surface area contributed by atoms with Gasteiger partial charge in [0.15, 0.2) is 0 Å². The van der Waals surface area contributed by atoms with Crippen molar-refractivity contribution in [1.82, 2.24) is 9.21 Å². The number of carbonyl (C=O) groups excluding carboxylic acids is 1. The van der Waals surface area contributed by atoms with Gasteiger partial charge in [0.25, 0.3) is 0 Å². The lowest BCUT2D eigenvalue weighted by atomic mass is 10.1. The van der Waals surface area contributed by atoms with E-state index in [0.29, 0.717) is 32.0 Å². The molecule has 2 aliphatic rings. The first kappa shape index (κ1) is 22.0. The number of carbonyl (C=O) groups is 1. The van der Waals surface area contributed by atoms with Crippen molar-refractivity contribution < 1.29 is 27.4 Å². The molecule has 0 radical (unpaired) electrons. The van der Waals surface area contributed by atoms with Crippen LogP contribution in [0.5, 0.6) is 5.75 Å². The number of esters is 1. The van der Waals surface area contributed by atoms with E-state index in [-0.39, 0.29) is 17.5 Å². The Kier molecular flexibility index (Phi) is 7.50. The number of benzene rings is 1. The van der Waals surface area contributed by atoms with Crippen molar-refractivity contribution in [1.29, 1.82) is 0 Å². The fourth-order valence-electron chi connectivity index (χ4n) is 3.78. The summed E-state index contributed by atoms with van der Waals surface area (Å²) in [5.41, 5.74) is 0. The summed E-state index contributed by atoms with van der Waals surface area (Å²) < 4.78 is 43.8. The van der Waals surface area contributed by atoms with Crippen LogP contribution in [0.15, 0.2) is 29.2 Å². The maximum atomic E-state index is 13.3. The predicted molar refractivity (Wildman–Crippen MR) is 107 cm³/mol. The van der Waals surface area contributed by atoms with Gasteiger partial charge in [-0.05, 0) is 37.1 Å². The minimum absolute atomic E-state index is 0.0329. The van der Waals surface area contributed by atoms with Gasteiger partial charge in [0.05, 0.1) is 31.8 Å². The zero-order chi connectivity index (χ0) is 20.9. The van der Waals surface area contributed by atoms with Gasteiger partial charge in [-0.3, -0.25) is 9.69 Å². The van der Waals surface area contributed by atoms with Crippen LogP contribution in [-0.4, -0.2) is 82.2 Å². The molecule has 0 aromatic heterocycles. The number of unbranched alkanes of at least 4 members (excludes halogenated alkanes) is 1. The highest BCUT2D eigenvalue weighted by molar-refractivity contribution is 7.89. The predicted octanol–water partition coefficient (Wildman–Crippen LogP) is 1.50. The molecule has 0 N–H and O–H groups in total. The van der Waals surface area contributed by atoms with Gasteiger partial charge in [-0.15, -0.1) is 0 Å². The molecule has 0 unspecified atom stereocenters. The quantitative estimate of drug-likeness (QED) is 0.460. The molecule has 2 heterocycles. The van der Waals surface area contributed by atoms with Gasteiger partial charge in [-0.2, -0.15) is 4.31 Å². The van der Waals surface area contributed by atoms with E-state index in [0.717, 1.165) is 25.9 Å². The van der Waals surface area contributed by atoms with Gasteiger partial charge in [0, 0.05) is 25.7 Å². The zero-order valence-corrected chi connectivity index (χ0v) is 17.9. The van der Waals surface area contributed by atoms with Gasteiger partial charge < -0.3 is 14.2 Å². The molecular weight excluding hydrogens is 396 g/mol. The third-order valence-corrected chi connectivity index (χ3v) is 7.35. The lowest BCUT2D eigenvalue weighted by molar-refractivity contribution is -0.144. The van der Waals surface area contributed by atoms with Crippen LogP contribution in [0.2, 0.25) is 0 Å². The van der Waals surface area contributed by atoms with Crippen molar-refractivity contribution in [3.8, 4) is 5.75 Å². The molecule has 9 heteroatoms. The molecule has 2 aliphatic heterocycles. The van der Waals surface area contributed by atoms with E-state index in [4.69, 9.17) is 14.2 Å². The van der Waals surface area contributed by atoms with Crippen LogP contribution in [0.4, 0.5) is 0 Å². The molecule has 0 saturated carbocycles. The smallest absolute Gasteiger partial charge is 0.324 e. The highest BCUT2D eigenvalue weighted by Gasteiger charge is 2.46. The molecule has 8 nitrogen and oxygen atoms in total. The molecule has 162 valence electrons. The van der Waals surface area contributed by atoms with E-state index in [1.54, 1.807) is 12.1 Å².